The van der Waals surface area contributed by atoms with Crippen LogP contribution in [0.1, 0.15) is 42.5 Å². The molecule has 0 fully saturated rings. The predicted octanol–water partition coefficient (Wildman–Crippen LogP) is 5.71. The van der Waals surface area contributed by atoms with Crippen molar-refractivity contribution in [2.75, 3.05) is 6.61 Å². The Labute approximate surface area is 158 Å². The first-order valence-electron chi connectivity index (χ1n) is 8.90. The molecule has 1 atom stereocenters. The van der Waals surface area contributed by atoms with Crippen molar-refractivity contribution >= 4 is 29.2 Å². The highest BCUT2D eigenvalue weighted by atomic mass is 35.5. The first kappa shape index (κ1) is 18.7. The summed E-state index contributed by atoms with van der Waals surface area (Å²) in [5, 5.41) is 0.411. The number of hydrogen-bond donors (Lipinski definition) is 0. The summed E-state index contributed by atoms with van der Waals surface area (Å²) in [6.07, 6.45) is 4.31. The maximum Gasteiger partial charge on any atom is 0.309 e. The van der Waals surface area contributed by atoms with E-state index in [9.17, 15) is 9.18 Å². The van der Waals surface area contributed by atoms with Gasteiger partial charge in [0.05, 0.1) is 17.5 Å². The Hall–Kier alpha value is -2.13. The molecule has 0 heterocycles. The van der Waals surface area contributed by atoms with Gasteiger partial charge in [0.2, 0.25) is 0 Å². The molecule has 0 saturated heterocycles. The number of rotatable bonds is 4. The van der Waals surface area contributed by atoms with Gasteiger partial charge in [-0.15, -0.1) is 0 Å². The quantitative estimate of drug-likeness (QED) is 0.507. The molecule has 3 rings (SSSR count). The van der Waals surface area contributed by atoms with Crippen LogP contribution in [0.5, 0.6) is 0 Å². The molecule has 1 unspecified atom stereocenters. The Morgan fingerprint density at radius 1 is 1.31 bits per heavy atom. The zero-order chi connectivity index (χ0) is 18.7. The van der Waals surface area contributed by atoms with E-state index < -0.39 is 0 Å². The molecule has 136 valence electrons. The van der Waals surface area contributed by atoms with Gasteiger partial charge in [-0.3, -0.25) is 4.79 Å². The predicted molar refractivity (Wildman–Crippen MR) is 104 cm³/mol. The van der Waals surface area contributed by atoms with Gasteiger partial charge in [-0.05, 0) is 67.5 Å². The van der Waals surface area contributed by atoms with Crippen molar-refractivity contribution in [2.24, 2.45) is 5.92 Å². The van der Waals surface area contributed by atoms with Crippen LogP contribution < -0.4 is 0 Å². The maximum atomic E-state index is 14.1. The molecule has 1 aliphatic carbocycles. The molecule has 4 heteroatoms. The van der Waals surface area contributed by atoms with E-state index in [4.69, 9.17) is 16.3 Å². The van der Waals surface area contributed by atoms with Crippen molar-refractivity contribution in [1.29, 1.82) is 0 Å². The van der Waals surface area contributed by atoms with Crippen molar-refractivity contribution in [1.82, 2.24) is 0 Å². The summed E-state index contributed by atoms with van der Waals surface area (Å²) in [5.41, 5.74) is 4.66. The third-order valence-corrected chi connectivity index (χ3v) is 5.13. The summed E-state index contributed by atoms with van der Waals surface area (Å²) in [4.78, 5) is 12.0. The highest BCUT2D eigenvalue weighted by molar-refractivity contribution is 6.32. The second-order valence-electron chi connectivity index (χ2n) is 6.64. The van der Waals surface area contributed by atoms with Gasteiger partial charge in [-0.25, -0.2) is 4.39 Å². The smallest absolute Gasteiger partial charge is 0.309 e. The highest BCUT2D eigenvalue weighted by Gasteiger charge is 2.25. The summed E-state index contributed by atoms with van der Waals surface area (Å²) >= 11 is 6.15. The van der Waals surface area contributed by atoms with Crippen LogP contribution in [0.25, 0.3) is 11.6 Å². The van der Waals surface area contributed by atoms with Crippen molar-refractivity contribution in [3.8, 4) is 0 Å². The van der Waals surface area contributed by atoms with Crippen molar-refractivity contribution in [3.63, 3.8) is 0 Å². The number of allylic oxidation sites excluding steroid dienone is 1. The van der Waals surface area contributed by atoms with Crippen molar-refractivity contribution in [2.45, 2.75) is 33.1 Å². The summed E-state index contributed by atoms with van der Waals surface area (Å²) in [6.45, 7) is 4.11. The minimum absolute atomic E-state index is 0.0530. The number of benzene rings is 2. The largest absolute Gasteiger partial charge is 0.466 e. The molecule has 0 radical (unpaired) electrons. The van der Waals surface area contributed by atoms with Crippen molar-refractivity contribution < 1.29 is 13.9 Å². The number of carbonyl (C=O) groups excluding carboxylic acids is 1. The molecule has 26 heavy (non-hydrogen) atoms. The molecule has 0 saturated carbocycles. The highest BCUT2D eigenvalue weighted by Crippen LogP contribution is 2.31. The first-order chi connectivity index (χ1) is 12.5. The van der Waals surface area contributed by atoms with Crippen LogP contribution in [-0.2, 0) is 22.4 Å². The fourth-order valence-electron chi connectivity index (χ4n) is 3.52. The molecule has 0 amide bonds. The fourth-order valence-corrected chi connectivity index (χ4v) is 3.83. The molecular formula is C22H22ClFO2. The van der Waals surface area contributed by atoms with E-state index in [-0.39, 0.29) is 17.7 Å². The summed E-state index contributed by atoms with van der Waals surface area (Å²) in [5.74, 6) is -0.476. The van der Waals surface area contributed by atoms with Crippen LogP contribution >= 0.6 is 11.6 Å². The molecule has 2 aromatic rings. The molecule has 0 bridgehead atoms. The Balaban J connectivity index is 1.83. The number of aryl methyl sites for hydroxylation is 1. The minimum atomic E-state index is -0.318. The van der Waals surface area contributed by atoms with E-state index in [2.05, 4.69) is 12.1 Å². The van der Waals surface area contributed by atoms with Gasteiger partial charge < -0.3 is 4.74 Å². The average molecular weight is 373 g/mol. The zero-order valence-corrected chi connectivity index (χ0v) is 15.8. The normalized spacial score (nSPS) is 16.9. The van der Waals surface area contributed by atoms with E-state index >= 15 is 0 Å². The lowest BCUT2D eigenvalue weighted by Crippen LogP contribution is -2.24. The van der Waals surface area contributed by atoms with Gasteiger partial charge in [-0.1, -0.05) is 41.9 Å². The van der Waals surface area contributed by atoms with Crippen LogP contribution in [0.3, 0.4) is 0 Å². The Morgan fingerprint density at radius 2 is 2.12 bits per heavy atom. The number of carbonyl (C=O) groups is 1. The van der Waals surface area contributed by atoms with Crippen LogP contribution in [0.2, 0.25) is 5.02 Å². The Kier molecular flexibility index (Phi) is 5.77. The van der Waals surface area contributed by atoms with E-state index in [1.54, 1.807) is 12.1 Å². The average Bonchev–Trinajstić information content (AvgIpc) is 2.61. The summed E-state index contributed by atoms with van der Waals surface area (Å²) in [6, 6.07) is 10.9. The topological polar surface area (TPSA) is 26.3 Å². The molecule has 2 nitrogen and oxygen atoms in total. The standard InChI is InChI=1S/C22H22ClFO2/c1-3-26-22(25)18-10-9-16-12-15(7-8-17(16)13-18)11-14(2)21-19(23)5-4-6-20(21)24/h4-8,11-12,18H,3,9-10,13H2,1-2H3/b14-11+. The summed E-state index contributed by atoms with van der Waals surface area (Å²) in [7, 11) is 0. The van der Waals surface area contributed by atoms with Gasteiger partial charge in [0.1, 0.15) is 5.82 Å². The first-order valence-corrected chi connectivity index (χ1v) is 9.28. The summed E-state index contributed by atoms with van der Waals surface area (Å²) < 4.78 is 19.2. The molecule has 0 aliphatic heterocycles. The number of esters is 1. The molecule has 0 spiro atoms. The van der Waals surface area contributed by atoms with Crippen LogP contribution in [-0.4, -0.2) is 12.6 Å². The number of hydrogen-bond acceptors (Lipinski definition) is 2. The molecule has 0 aromatic heterocycles. The van der Waals surface area contributed by atoms with Crippen LogP contribution in [0, 0.1) is 11.7 Å². The van der Waals surface area contributed by atoms with Crippen LogP contribution in [0.15, 0.2) is 36.4 Å². The lowest BCUT2D eigenvalue weighted by atomic mass is 9.83. The number of fused-ring (bicyclic) bond motifs is 1. The van der Waals surface area contributed by atoms with Gasteiger partial charge in [0, 0.05) is 5.56 Å². The van der Waals surface area contributed by atoms with Gasteiger partial charge in [0.15, 0.2) is 0 Å². The Bertz CT molecular complexity index is 837. The third kappa shape index (κ3) is 3.99. The molecule has 2 aromatic carbocycles. The Morgan fingerprint density at radius 3 is 2.85 bits per heavy atom. The van der Waals surface area contributed by atoms with E-state index in [0.29, 0.717) is 17.2 Å². The second kappa shape index (κ2) is 8.05. The molecule has 1 aliphatic rings. The van der Waals surface area contributed by atoms with E-state index in [0.717, 1.165) is 30.4 Å². The third-order valence-electron chi connectivity index (χ3n) is 4.82. The SMILES string of the molecule is CCOC(=O)C1CCc2cc(/C=C(\C)c3c(F)cccc3Cl)ccc2C1. The van der Waals surface area contributed by atoms with E-state index in [1.165, 1.54) is 17.2 Å². The monoisotopic (exact) mass is 372 g/mol. The molecule has 0 N–H and O–H groups in total. The number of halogens is 2. The fraction of sp³-hybridized carbons (Fsp3) is 0.318. The second-order valence-corrected chi connectivity index (χ2v) is 7.05. The maximum absolute atomic E-state index is 14.1. The lowest BCUT2D eigenvalue weighted by molar-refractivity contribution is -0.148. The van der Waals surface area contributed by atoms with E-state index in [1.807, 2.05) is 26.0 Å². The van der Waals surface area contributed by atoms with Gasteiger partial charge >= 0.3 is 5.97 Å². The van der Waals surface area contributed by atoms with Gasteiger partial charge in [0.25, 0.3) is 0 Å². The van der Waals surface area contributed by atoms with Crippen molar-refractivity contribution in [3.05, 3.63) is 69.5 Å². The zero-order valence-electron chi connectivity index (χ0n) is 15.0. The van der Waals surface area contributed by atoms with Gasteiger partial charge in [-0.2, -0.15) is 0 Å². The number of ether oxygens (including phenoxy) is 1. The minimum Gasteiger partial charge on any atom is -0.466 e. The van der Waals surface area contributed by atoms with Crippen LogP contribution in [0.4, 0.5) is 4.39 Å². The molecular weight excluding hydrogens is 351 g/mol. The lowest BCUT2D eigenvalue weighted by Gasteiger charge is -2.23.